The average Bonchev–Trinajstić information content (AvgIpc) is 2.76. The molecule has 1 unspecified atom stereocenters. The van der Waals surface area contributed by atoms with Gasteiger partial charge in [0.05, 0.1) is 5.92 Å². The molecule has 3 rings (SSSR count). The van der Waals surface area contributed by atoms with E-state index in [1.807, 2.05) is 79.7 Å². The molecular weight excluding hydrogens is 360 g/mol. The van der Waals surface area contributed by atoms with Gasteiger partial charge in [0.15, 0.2) is 0 Å². The summed E-state index contributed by atoms with van der Waals surface area (Å²) in [6.07, 6.45) is 0. The highest BCUT2D eigenvalue weighted by Gasteiger charge is 2.23. The molecule has 0 saturated heterocycles. The van der Waals surface area contributed by atoms with Crippen LogP contribution in [0.15, 0.2) is 78.9 Å². The van der Waals surface area contributed by atoms with E-state index < -0.39 is 5.92 Å². The molecule has 150 valence electrons. The Hall–Kier alpha value is -3.07. The molecule has 0 spiro atoms. The second kappa shape index (κ2) is 9.92. The molecule has 0 aliphatic carbocycles. The molecule has 0 aromatic heterocycles. The van der Waals surface area contributed by atoms with Crippen LogP contribution in [0.25, 0.3) is 0 Å². The molecule has 0 aliphatic rings. The third kappa shape index (κ3) is 5.47. The summed E-state index contributed by atoms with van der Waals surface area (Å²) in [5, 5.41) is 0. The van der Waals surface area contributed by atoms with Crippen molar-refractivity contribution in [2.24, 2.45) is 0 Å². The van der Waals surface area contributed by atoms with Crippen LogP contribution in [-0.2, 0) is 22.7 Å². The molecule has 3 heteroatoms. The molecule has 0 bridgehead atoms. The Labute approximate surface area is 173 Å². The number of carbonyl (C=O) groups excluding carboxylic acids is 1. The summed E-state index contributed by atoms with van der Waals surface area (Å²) in [7, 11) is 0. The first kappa shape index (κ1) is 20.7. The molecule has 0 saturated carbocycles. The number of hydrogen-bond donors (Lipinski definition) is 0. The van der Waals surface area contributed by atoms with Crippen LogP contribution >= 0.6 is 0 Å². The number of benzene rings is 3. The minimum atomic E-state index is -0.414. The minimum Gasteiger partial charge on any atom is -0.488 e. The Morgan fingerprint density at radius 2 is 1.28 bits per heavy atom. The third-order valence-corrected chi connectivity index (χ3v) is 4.97. The van der Waals surface area contributed by atoms with E-state index in [9.17, 15) is 4.79 Å². The quantitative estimate of drug-likeness (QED) is 0.429. The van der Waals surface area contributed by atoms with Crippen LogP contribution in [0.2, 0.25) is 0 Å². The standard InChI is InChI=1S/C26H28O3/c1-19(2)23-15-10-16-24(25(23)28-17-21-11-6-4-7-12-21)20(3)26(27)29-18-22-13-8-5-9-14-22/h4-16,19-20H,17-18H2,1-3H3. The van der Waals surface area contributed by atoms with Crippen LogP contribution in [0.4, 0.5) is 0 Å². The summed E-state index contributed by atoms with van der Waals surface area (Å²) < 4.78 is 11.8. The number of hydrogen-bond acceptors (Lipinski definition) is 3. The first-order valence-electron chi connectivity index (χ1n) is 10.1. The predicted octanol–water partition coefficient (Wildman–Crippen LogP) is 6.24. The van der Waals surface area contributed by atoms with Crippen LogP contribution < -0.4 is 4.74 Å². The van der Waals surface area contributed by atoms with Crippen molar-refractivity contribution < 1.29 is 14.3 Å². The minimum absolute atomic E-state index is 0.251. The molecule has 29 heavy (non-hydrogen) atoms. The predicted molar refractivity (Wildman–Crippen MR) is 116 cm³/mol. The molecule has 0 radical (unpaired) electrons. The van der Waals surface area contributed by atoms with E-state index in [0.717, 1.165) is 28.0 Å². The van der Waals surface area contributed by atoms with E-state index in [0.29, 0.717) is 6.61 Å². The van der Waals surface area contributed by atoms with E-state index in [1.165, 1.54) is 0 Å². The topological polar surface area (TPSA) is 35.5 Å². The SMILES string of the molecule is CC(C)c1cccc(C(C)C(=O)OCc2ccccc2)c1OCc1ccccc1. The van der Waals surface area contributed by atoms with Crippen molar-refractivity contribution in [3.05, 3.63) is 101 Å². The highest BCUT2D eigenvalue weighted by Crippen LogP contribution is 2.35. The van der Waals surface area contributed by atoms with Crippen LogP contribution in [-0.4, -0.2) is 5.97 Å². The maximum absolute atomic E-state index is 12.7. The van der Waals surface area contributed by atoms with Gasteiger partial charge >= 0.3 is 5.97 Å². The van der Waals surface area contributed by atoms with Gasteiger partial charge in [0.2, 0.25) is 0 Å². The smallest absolute Gasteiger partial charge is 0.313 e. The van der Waals surface area contributed by atoms with Gasteiger partial charge < -0.3 is 9.47 Å². The number of para-hydroxylation sites is 1. The Morgan fingerprint density at radius 1 is 0.724 bits per heavy atom. The van der Waals surface area contributed by atoms with Crippen molar-refractivity contribution >= 4 is 5.97 Å². The second-order valence-electron chi connectivity index (χ2n) is 7.51. The van der Waals surface area contributed by atoms with Crippen molar-refractivity contribution in [3.63, 3.8) is 0 Å². The lowest BCUT2D eigenvalue weighted by Crippen LogP contribution is -2.15. The third-order valence-electron chi connectivity index (χ3n) is 4.97. The van der Waals surface area contributed by atoms with Crippen LogP contribution in [0.5, 0.6) is 5.75 Å². The first-order chi connectivity index (χ1) is 14.1. The van der Waals surface area contributed by atoms with Gasteiger partial charge in [-0.05, 0) is 29.5 Å². The van der Waals surface area contributed by atoms with Crippen molar-refractivity contribution in [1.29, 1.82) is 0 Å². The summed E-state index contributed by atoms with van der Waals surface area (Å²) >= 11 is 0. The van der Waals surface area contributed by atoms with Gasteiger partial charge in [-0.3, -0.25) is 4.79 Å². The maximum Gasteiger partial charge on any atom is 0.313 e. The van der Waals surface area contributed by atoms with Gasteiger partial charge in [-0.1, -0.05) is 92.7 Å². The monoisotopic (exact) mass is 388 g/mol. The summed E-state index contributed by atoms with van der Waals surface area (Å²) in [4.78, 5) is 12.7. The molecule has 3 aromatic rings. The Balaban J connectivity index is 1.79. The van der Waals surface area contributed by atoms with Crippen molar-refractivity contribution in [3.8, 4) is 5.75 Å². The van der Waals surface area contributed by atoms with E-state index in [1.54, 1.807) is 0 Å². The van der Waals surface area contributed by atoms with E-state index in [2.05, 4.69) is 19.9 Å². The van der Waals surface area contributed by atoms with E-state index in [4.69, 9.17) is 9.47 Å². The Morgan fingerprint density at radius 3 is 1.86 bits per heavy atom. The molecule has 3 aromatic carbocycles. The molecule has 0 amide bonds. The van der Waals surface area contributed by atoms with Gasteiger partial charge in [0.1, 0.15) is 19.0 Å². The molecule has 0 aliphatic heterocycles. The molecular formula is C26H28O3. The van der Waals surface area contributed by atoms with Crippen molar-refractivity contribution in [2.45, 2.75) is 45.8 Å². The zero-order valence-corrected chi connectivity index (χ0v) is 17.3. The summed E-state index contributed by atoms with van der Waals surface area (Å²) in [5.74, 6) is 0.409. The lowest BCUT2D eigenvalue weighted by Gasteiger charge is -2.21. The van der Waals surface area contributed by atoms with Crippen molar-refractivity contribution in [2.75, 3.05) is 0 Å². The van der Waals surface area contributed by atoms with E-state index in [-0.39, 0.29) is 18.5 Å². The number of rotatable bonds is 8. The molecule has 0 N–H and O–H groups in total. The van der Waals surface area contributed by atoms with Gasteiger partial charge in [-0.2, -0.15) is 0 Å². The van der Waals surface area contributed by atoms with Gasteiger partial charge in [0, 0.05) is 5.56 Å². The molecule has 0 heterocycles. The van der Waals surface area contributed by atoms with E-state index >= 15 is 0 Å². The van der Waals surface area contributed by atoms with Gasteiger partial charge in [-0.25, -0.2) is 0 Å². The number of ether oxygens (including phenoxy) is 2. The lowest BCUT2D eigenvalue weighted by atomic mass is 9.93. The zero-order valence-electron chi connectivity index (χ0n) is 17.3. The normalized spacial score (nSPS) is 11.9. The Bertz CT molecular complexity index is 917. The van der Waals surface area contributed by atoms with Crippen LogP contribution in [0.1, 0.15) is 54.9 Å². The lowest BCUT2D eigenvalue weighted by molar-refractivity contribution is -0.146. The second-order valence-corrected chi connectivity index (χ2v) is 7.51. The fraction of sp³-hybridized carbons (Fsp3) is 0.269. The van der Waals surface area contributed by atoms with Gasteiger partial charge in [-0.15, -0.1) is 0 Å². The number of carbonyl (C=O) groups is 1. The maximum atomic E-state index is 12.7. The van der Waals surface area contributed by atoms with Gasteiger partial charge in [0.25, 0.3) is 0 Å². The Kier molecular flexibility index (Phi) is 7.07. The highest BCUT2D eigenvalue weighted by atomic mass is 16.5. The van der Waals surface area contributed by atoms with Crippen LogP contribution in [0, 0.1) is 0 Å². The largest absolute Gasteiger partial charge is 0.488 e. The fourth-order valence-electron chi connectivity index (χ4n) is 3.25. The molecule has 0 fully saturated rings. The average molecular weight is 389 g/mol. The first-order valence-corrected chi connectivity index (χ1v) is 10.1. The summed E-state index contributed by atoms with van der Waals surface area (Å²) in [5.41, 5.74) is 4.03. The summed E-state index contributed by atoms with van der Waals surface area (Å²) in [6.45, 7) is 6.87. The summed E-state index contributed by atoms with van der Waals surface area (Å²) in [6, 6.07) is 25.8. The van der Waals surface area contributed by atoms with Crippen LogP contribution in [0.3, 0.4) is 0 Å². The number of esters is 1. The molecule has 1 atom stereocenters. The zero-order chi connectivity index (χ0) is 20.6. The van der Waals surface area contributed by atoms with Crippen molar-refractivity contribution in [1.82, 2.24) is 0 Å². The fourth-order valence-corrected chi connectivity index (χ4v) is 3.25. The highest BCUT2D eigenvalue weighted by molar-refractivity contribution is 5.79. The molecule has 3 nitrogen and oxygen atoms in total.